The van der Waals surface area contributed by atoms with Gasteiger partial charge in [0.15, 0.2) is 0 Å². The van der Waals surface area contributed by atoms with E-state index in [1.54, 1.807) is 0 Å². The van der Waals surface area contributed by atoms with E-state index in [0.29, 0.717) is 11.8 Å². The molecule has 0 saturated heterocycles. The minimum Gasteiger partial charge on any atom is -0.393 e. The molecule has 2 rings (SSSR count). The Morgan fingerprint density at radius 2 is 1.46 bits per heavy atom. The molecule has 2 saturated carbocycles. The van der Waals surface area contributed by atoms with Crippen molar-refractivity contribution in [1.29, 1.82) is 0 Å². The maximum absolute atomic E-state index is 9.74. The molecule has 2 nitrogen and oxygen atoms in total. The molecule has 2 unspecified atom stereocenters. The molecule has 2 atom stereocenters. The Hall–Kier alpha value is -0.0800. The SMILES string of the molecule is OC1CCC(C2CCCC2O)CC1. The first kappa shape index (κ1) is 9.47. The average Bonchev–Trinajstić information content (AvgIpc) is 2.53. The lowest BCUT2D eigenvalue weighted by Crippen LogP contribution is -2.28. The molecular formula is C11H20O2. The number of hydrogen-bond acceptors (Lipinski definition) is 2. The lowest BCUT2D eigenvalue weighted by molar-refractivity contribution is 0.0480. The monoisotopic (exact) mass is 184 g/mol. The summed E-state index contributed by atoms with van der Waals surface area (Å²) < 4.78 is 0. The van der Waals surface area contributed by atoms with E-state index in [9.17, 15) is 10.2 Å². The van der Waals surface area contributed by atoms with Crippen molar-refractivity contribution < 1.29 is 10.2 Å². The summed E-state index contributed by atoms with van der Waals surface area (Å²) in [6, 6.07) is 0. The first-order valence-electron chi connectivity index (χ1n) is 5.63. The van der Waals surface area contributed by atoms with Gasteiger partial charge in [-0.2, -0.15) is 0 Å². The van der Waals surface area contributed by atoms with E-state index < -0.39 is 0 Å². The number of rotatable bonds is 1. The first-order valence-corrected chi connectivity index (χ1v) is 5.63. The first-order chi connectivity index (χ1) is 6.27. The molecule has 76 valence electrons. The van der Waals surface area contributed by atoms with Crippen LogP contribution in [0.5, 0.6) is 0 Å². The van der Waals surface area contributed by atoms with Crippen molar-refractivity contribution in [3.8, 4) is 0 Å². The fourth-order valence-corrected chi connectivity index (χ4v) is 3.05. The molecule has 0 radical (unpaired) electrons. The third-order valence-corrected chi connectivity index (χ3v) is 3.88. The van der Waals surface area contributed by atoms with Gasteiger partial charge in [-0.25, -0.2) is 0 Å². The van der Waals surface area contributed by atoms with E-state index >= 15 is 0 Å². The van der Waals surface area contributed by atoms with Gasteiger partial charge in [0.05, 0.1) is 12.2 Å². The average molecular weight is 184 g/mol. The maximum Gasteiger partial charge on any atom is 0.0571 e. The van der Waals surface area contributed by atoms with Crippen LogP contribution in [0.3, 0.4) is 0 Å². The Morgan fingerprint density at radius 3 is 2.00 bits per heavy atom. The highest BCUT2D eigenvalue weighted by Crippen LogP contribution is 2.39. The van der Waals surface area contributed by atoms with Crippen LogP contribution in [0.15, 0.2) is 0 Å². The smallest absolute Gasteiger partial charge is 0.0571 e. The van der Waals surface area contributed by atoms with Crippen LogP contribution in [0.2, 0.25) is 0 Å². The fourth-order valence-electron chi connectivity index (χ4n) is 3.05. The van der Waals surface area contributed by atoms with Crippen molar-refractivity contribution in [1.82, 2.24) is 0 Å². The zero-order valence-electron chi connectivity index (χ0n) is 8.15. The minimum atomic E-state index is -0.0604. The summed E-state index contributed by atoms with van der Waals surface area (Å²) in [5.41, 5.74) is 0. The number of hydrogen-bond donors (Lipinski definition) is 2. The largest absolute Gasteiger partial charge is 0.393 e. The highest BCUT2D eigenvalue weighted by atomic mass is 16.3. The van der Waals surface area contributed by atoms with Crippen LogP contribution < -0.4 is 0 Å². The van der Waals surface area contributed by atoms with Crippen molar-refractivity contribution in [3.63, 3.8) is 0 Å². The van der Waals surface area contributed by atoms with Crippen molar-refractivity contribution in [3.05, 3.63) is 0 Å². The zero-order chi connectivity index (χ0) is 9.26. The van der Waals surface area contributed by atoms with Crippen LogP contribution in [0, 0.1) is 11.8 Å². The maximum atomic E-state index is 9.74. The molecule has 0 aromatic rings. The number of aliphatic hydroxyl groups is 2. The molecule has 2 N–H and O–H groups in total. The molecule has 2 heteroatoms. The van der Waals surface area contributed by atoms with Crippen molar-refractivity contribution in [2.75, 3.05) is 0 Å². The van der Waals surface area contributed by atoms with E-state index in [2.05, 4.69) is 0 Å². The molecule has 2 fully saturated rings. The van der Waals surface area contributed by atoms with E-state index in [1.165, 1.54) is 12.8 Å². The van der Waals surface area contributed by atoms with Crippen LogP contribution in [0.1, 0.15) is 44.9 Å². The van der Waals surface area contributed by atoms with Crippen molar-refractivity contribution in [2.24, 2.45) is 11.8 Å². The molecule has 0 aliphatic heterocycles. The molecular weight excluding hydrogens is 164 g/mol. The van der Waals surface area contributed by atoms with E-state index in [-0.39, 0.29) is 12.2 Å². The molecule has 0 bridgehead atoms. The van der Waals surface area contributed by atoms with E-state index in [1.807, 2.05) is 0 Å². The number of aliphatic hydroxyl groups excluding tert-OH is 2. The van der Waals surface area contributed by atoms with Crippen LogP contribution in [-0.2, 0) is 0 Å². The zero-order valence-corrected chi connectivity index (χ0v) is 8.15. The molecule has 0 amide bonds. The van der Waals surface area contributed by atoms with Gasteiger partial charge in [0.25, 0.3) is 0 Å². The molecule has 0 aromatic heterocycles. The second kappa shape index (κ2) is 3.97. The molecule has 0 heterocycles. The quantitative estimate of drug-likeness (QED) is 0.651. The third kappa shape index (κ3) is 2.05. The van der Waals surface area contributed by atoms with E-state index in [4.69, 9.17) is 0 Å². The third-order valence-electron chi connectivity index (χ3n) is 3.88. The summed E-state index contributed by atoms with van der Waals surface area (Å²) in [5.74, 6) is 1.24. The fraction of sp³-hybridized carbons (Fsp3) is 1.00. The lowest BCUT2D eigenvalue weighted by Gasteiger charge is -2.31. The highest BCUT2D eigenvalue weighted by molar-refractivity contribution is 4.85. The van der Waals surface area contributed by atoms with Crippen LogP contribution in [0.4, 0.5) is 0 Å². The predicted molar refractivity (Wildman–Crippen MR) is 51.3 cm³/mol. The van der Waals surface area contributed by atoms with Gasteiger partial charge in [0.1, 0.15) is 0 Å². The standard InChI is InChI=1S/C11H20O2/c12-9-6-4-8(5-7-9)10-2-1-3-11(10)13/h8-13H,1-7H2. The van der Waals surface area contributed by atoms with Crippen LogP contribution in [-0.4, -0.2) is 22.4 Å². The summed E-state index contributed by atoms with van der Waals surface area (Å²) in [6.07, 6.45) is 7.47. The van der Waals surface area contributed by atoms with Gasteiger partial charge in [-0.05, 0) is 50.4 Å². The van der Waals surface area contributed by atoms with Gasteiger partial charge < -0.3 is 10.2 Å². The highest BCUT2D eigenvalue weighted by Gasteiger charge is 2.34. The van der Waals surface area contributed by atoms with Crippen LogP contribution >= 0.6 is 0 Å². The van der Waals surface area contributed by atoms with Gasteiger partial charge in [-0.15, -0.1) is 0 Å². The lowest BCUT2D eigenvalue weighted by atomic mass is 9.77. The molecule has 0 aromatic carbocycles. The summed E-state index contributed by atoms with van der Waals surface area (Å²) in [6.45, 7) is 0. The van der Waals surface area contributed by atoms with Crippen molar-refractivity contribution in [2.45, 2.75) is 57.2 Å². The van der Waals surface area contributed by atoms with E-state index in [0.717, 1.165) is 32.1 Å². The normalized spacial score (nSPS) is 46.6. The van der Waals surface area contributed by atoms with Crippen molar-refractivity contribution >= 4 is 0 Å². The minimum absolute atomic E-state index is 0.0414. The van der Waals surface area contributed by atoms with Gasteiger partial charge in [-0.1, -0.05) is 6.42 Å². The Morgan fingerprint density at radius 1 is 0.769 bits per heavy atom. The Kier molecular flexibility index (Phi) is 2.89. The topological polar surface area (TPSA) is 40.5 Å². The molecule has 0 spiro atoms. The summed E-state index contributed by atoms with van der Waals surface area (Å²) in [7, 11) is 0. The molecule has 13 heavy (non-hydrogen) atoms. The molecule has 2 aliphatic carbocycles. The second-order valence-corrected chi connectivity index (χ2v) is 4.73. The second-order valence-electron chi connectivity index (χ2n) is 4.73. The predicted octanol–water partition coefficient (Wildman–Crippen LogP) is 1.70. The van der Waals surface area contributed by atoms with Crippen LogP contribution in [0.25, 0.3) is 0 Å². The van der Waals surface area contributed by atoms with Gasteiger partial charge >= 0.3 is 0 Å². The van der Waals surface area contributed by atoms with Gasteiger partial charge in [0, 0.05) is 0 Å². The summed E-state index contributed by atoms with van der Waals surface area (Å²) in [4.78, 5) is 0. The van der Waals surface area contributed by atoms with Gasteiger partial charge in [0.2, 0.25) is 0 Å². The Labute approximate surface area is 80.0 Å². The summed E-state index contributed by atoms with van der Waals surface area (Å²) in [5, 5.41) is 19.1. The Bertz CT molecular complexity index is 161. The summed E-state index contributed by atoms with van der Waals surface area (Å²) >= 11 is 0. The molecule has 2 aliphatic rings. The van der Waals surface area contributed by atoms with Gasteiger partial charge in [-0.3, -0.25) is 0 Å². The Balaban J connectivity index is 1.86.